The number of nitrogens with zero attached hydrogens (tertiary/aromatic N) is 2. The van der Waals surface area contributed by atoms with Gasteiger partial charge in [-0.05, 0) is 60.7 Å². The normalized spacial score (nSPS) is 14.6. The second-order valence-electron chi connectivity index (χ2n) is 7.75. The molecule has 0 radical (unpaired) electrons. The van der Waals surface area contributed by atoms with Crippen LogP contribution in [0.5, 0.6) is 0 Å². The Morgan fingerprint density at radius 1 is 1.00 bits per heavy atom. The van der Waals surface area contributed by atoms with E-state index in [2.05, 4.69) is 15.5 Å². The Labute approximate surface area is 208 Å². The SMILES string of the molecule is CS(=O)(=O)N1CCN(c2ccccc2NC(=S)NC(=O)c2ccc(-c3ccc(Cl)cc3)o2)CC1. The van der Waals surface area contributed by atoms with Crippen LogP contribution in [0.15, 0.2) is 65.1 Å². The minimum absolute atomic E-state index is 0.122. The van der Waals surface area contributed by atoms with E-state index in [0.717, 1.165) is 11.3 Å². The maximum atomic E-state index is 12.6. The van der Waals surface area contributed by atoms with Gasteiger partial charge in [0.05, 0.1) is 17.6 Å². The molecule has 178 valence electrons. The van der Waals surface area contributed by atoms with Crippen molar-refractivity contribution in [3.63, 3.8) is 0 Å². The summed E-state index contributed by atoms with van der Waals surface area (Å²) in [7, 11) is -3.21. The molecule has 0 unspecified atom stereocenters. The lowest BCUT2D eigenvalue weighted by atomic mass is 10.2. The zero-order valence-electron chi connectivity index (χ0n) is 18.3. The molecule has 4 rings (SSSR count). The van der Waals surface area contributed by atoms with Crippen molar-refractivity contribution in [2.75, 3.05) is 42.7 Å². The molecule has 2 N–H and O–H groups in total. The number of halogens is 1. The average Bonchev–Trinajstić information content (AvgIpc) is 3.30. The topological polar surface area (TPSA) is 94.9 Å². The Hall–Kier alpha value is -2.92. The molecule has 1 amide bonds. The Morgan fingerprint density at radius 2 is 1.68 bits per heavy atom. The lowest BCUT2D eigenvalue weighted by Crippen LogP contribution is -2.48. The standard InChI is InChI=1S/C23H23ClN4O4S2/c1-34(30,31)28-14-12-27(13-15-28)19-5-3-2-4-18(19)25-23(33)26-22(29)21-11-10-20(32-21)16-6-8-17(24)9-7-16/h2-11H,12-15H2,1H3,(H2,25,26,29,33). The number of carbonyl (C=O) groups excluding carboxylic acids is 1. The average molecular weight is 519 g/mol. The molecule has 0 bridgehead atoms. The van der Waals surface area contributed by atoms with Gasteiger partial charge in [-0.15, -0.1) is 0 Å². The number of amides is 1. The fraction of sp³-hybridized carbons (Fsp3) is 0.217. The molecule has 2 heterocycles. The van der Waals surface area contributed by atoms with E-state index in [1.807, 2.05) is 36.4 Å². The molecule has 2 aromatic carbocycles. The van der Waals surface area contributed by atoms with Crippen LogP contribution in [-0.4, -0.2) is 56.2 Å². The number of hydrogen-bond donors (Lipinski definition) is 2. The third kappa shape index (κ3) is 5.76. The zero-order valence-corrected chi connectivity index (χ0v) is 20.7. The van der Waals surface area contributed by atoms with Crippen molar-refractivity contribution in [2.45, 2.75) is 0 Å². The molecular formula is C23H23ClN4O4S2. The van der Waals surface area contributed by atoms with E-state index in [1.165, 1.54) is 10.6 Å². The second kappa shape index (κ2) is 10.1. The van der Waals surface area contributed by atoms with Gasteiger partial charge in [0.1, 0.15) is 5.76 Å². The van der Waals surface area contributed by atoms with Crippen LogP contribution in [0.1, 0.15) is 10.6 Å². The van der Waals surface area contributed by atoms with E-state index < -0.39 is 15.9 Å². The van der Waals surface area contributed by atoms with E-state index in [0.29, 0.717) is 42.6 Å². The lowest BCUT2D eigenvalue weighted by Gasteiger charge is -2.35. The number of sulfonamides is 1. The quantitative estimate of drug-likeness (QED) is 0.496. The van der Waals surface area contributed by atoms with Gasteiger partial charge >= 0.3 is 0 Å². The first kappa shape index (κ1) is 24.2. The molecule has 0 saturated carbocycles. The molecule has 0 aliphatic carbocycles. The van der Waals surface area contributed by atoms with Crippen molar-refractivity contribution in [1.29, 1.82) is 0 Å². The number of anilines is 2. The molecular weight excluding hydrogens is 496 g/mol. The number of hydrogen-bond acceptors (Lipinski definition) is 6. The minimum Gasteiger partial charge on any atom is -0.451 e. The number of carbonyl (C=O) groups is 1. The third-order valence-corrected chi connectivity index (χ3v) is 7.15. The largest absolute Gasteiger partial charge is 0.451 e. The maximum Gasteiger partial charge on any atom is 0.293 e. The highest BCUT2D eigenvalue weighted by atomic mass is 35.5. The van der Waals surface area contributed by atoms with E-state index >= 15 is 0 Å². The summed E-state index contributed by atoms with van der Waals surface area (Å²) in [6.45, 7) is 1.90. The van der Waals surface area contributed by atoms with Gasteiger partial charge < -0.3 is 14.6 Å². The van der Waals surface area contributed by atoms with Gasteiger partial charge in [0, 0.05) is 36.8 Å². The zero-order chi connectivity index (χ0) is 24.3. The number of thiocarbonyl (C=S) groups is 1. The molecule has 1 aliphatic rings. The van der Waals surface area contributed by atoms with Crippen LogP contribution in [0.2, 0.25) is 5.02 Å². The monoisotopic (exact) mass is 518 g/mol. The van der Waals surface area contributed by atoms with Gasteiger partial charge in [-0.25, -0.2) is 8.42 Å². The van der Waals surface area contributed by atoms with Crippen LogP contribution in [0.25, 0.3) is 11.3 Å². The maximum absolute atomic E-state index is 12.6. The van der Waals surface area contributed by atoms with Gasteiger partial charge in [-0.3, -0.25) is 10.1 Å². The lowest BCUT2D eigenvalue weighted by molar-refractivity contribution is 0.0951. The first-order valence-corrected chi connectivity index (χ1v) is 13.1. The molecule has 34 heavy (non-hydrogen) atoms. The first-order valence-electron chi connectivity index (χ1n) is 10.5. The fourth-order valence-electron chi connectivity index (χ4n) is 3.66. The number of furan rings is 1. The minimum atomic E-state index is -3.21. The van der Waals surface area contributed by atoms with Gasteiger partial charge in [-0.2, -0.15) is 4.31 Å². The number of rotatable bonds is 5. The predicted octanol–water partition coefficient (Wildman–Crippen LogP) is 3.81. The van der Waals surface area contributed by atoms with Crippen molar-refractivity contribution in [3.8, 4) is 11.3 Å². The van der Waals surface area contributed by atoms with Crippen molar-refractivity contribution in [2.24, 2.45) is 0 Å². The number of nitrogens with one attached hydrogen (secondary N) is 2. The highest BCUT2D eigenvalue weighted by Crippen LogP contribution is 2.27. The van der Waals surface area contributed by atoms with Crippen LogP contribution in [-0.2, 0) is 10.0 Å². The summed E-state index contributed by atoms with van der Waals surface area (Å²) in [5.74, 6) is 0.190. The van der Waals surface area contributed by atoms with Crippen LogP contribution < -0.4 is 15.5 Å². The van der Waals surface area contributed by atoms with Crippen molar-refractivity contribution >= 4 is 56.2 Å². The molecule has 0 spiro atoms. The van der Waals surface area contributed by atoms with Crippen LogP contribution >= 0.6 is 23.8 Å². The molecule has 1 aromatic heterocycles. The Morgan fingerprint density at radius 3 is 2.35 bits per heavy atom. The summed E-state index contributed by atoms with van der Waals surface area (Å²) in [6.07, 6.45) is 1.22. The van der Waals surface area contributed by atoms with Crippen molar-refractivity contribution in [3.05, 3.63) is 71.4 Å². The van der Waals surface area contributed by atoms with Gasteiger partial charge in [0.25, 0.3) is 5.91 Å². The highest BCUT2D eigenvalue weighted by Gasteiger charge is 2.25. The van der Waals surface area contributed by atoms with Gasteiger partial charge in [0.2, 0.25) is 10.0 Å². The fourth-order valence-corrected chi connectivity index (χ4v) is 4.82. The van der Waals surface area contributed by atoms with E-state index in [-0.39, 0.29) is 10.9 Å². The van der Waals surface area contributed by atoms with E-state index in [1.54, 1.807) is 24.3 Å². The molecule has 3 aromatic rings. The summed E-state index contributed by atoms with van der Waals surface area (Å²) in [5, 5.41) is 6.44. The smallest absolute Gasteiger partial charge is 0.293 e. The second-order valence-corrected chi connectivity index (χ2v) is 10.6. The van der Waals surface area contributed by atoms with Gasteiger partial charge in [0.15, 0.2) is 10.9 Å². The molecule has 1 aliphatic heterocycles. The first-order chi connectivity index (χ1) is 16.2. The van der Waals surface area contributed by atoms with Gasteiger partial charge in [-0.1, -0.05) is 23.7 Å². The molecule has 1 fully saturated rings. The molecule has 0 atom stereocenters. The number of benzene rings is 2. The summed E-state index contributed by atoms with van der Waals surface area (Å²) in [4.78, 5) is 14.7. The van der Waals surface area contributed by atoms with Crippen LogP contribution in [0.4, 0.5) is 11.4 Å². The predicted molar refractivity (Wildman–Crippen MR) is 138 cm³/mol. The van der Waals surface area contributed by atoms with Crippen molar-refractivity contribution in [1.82, 2.24) is 9.62 Å². The van der Waals surface area contributed by atoms with Crippen molar-refractivity contribution < 1.29 is 17.6 Å². The van der Waals surface area contributed by atoms with Crippen LogP contribution in [0.3, 0.4) is 0 Å². The molecule has 1 saturated heterocycles. The van der Waals surface area contributed by atoms with Crippen LogP contribution in [0, 0.1) is 0 Å². The summed E-state index contributed by atoms with van der Waals surface area (Å²) >= 11 is 11.3. The Balaban J connectivity index is 1.39. The highest BCUT2D eigenvalue weighted by molar-refractivity contribution is 7.88. The number of para-hydroxylation sites is 2. The Bertz CT molecular complexity index is 1300. The molecule has 11 heteroatoms. The van der Waals surface area contributed by atoms with E-state index in [9.17, 15) is 13.2 Å². The summed E-state index contributed by atoms with van der Waals surface area (Å²) in [6, 6.07) is 17.9. The summed E-state index contributed by atoms with van der Waals surface area (Å²) < 4.78 is 30.7. The third-order valence-electron chi connectivity index (χ3n) is 5.39. The van der Waals surface area contributed by atoms with E-state index in [4.69, 9.17) is 28.2 Å². The number of piperazine rings is 1. The molecule has 8 nitrogen and oxygen atoms in total. The Kier molecular flexibility index (Phi) is 7.22. The summed E-state index contributed by atoms with van der Waals surface area (Å²) in [5.41, 5.74) is 2.38.